The molecule has 2 aromatic heterocycles. The molecule has 2 heterocycles. The molecule has 3 rings (SSSR count). The highest BCUT2D eigenvalue weighted by atomic mass is 35.5. The first kappa shape index (κ1) is 20.6. The normalized spacial score (nSPS) is 11.2. The van der Waals surface area contributed by atoms with Crippen molar-refractivity contribution in [2.24, 2.45) is 5.73 Å². The van der Waals surface area contributed by atoms with Crippen molar-refractivity contribution in [2.45, 2.75) is 6.42 Å². The number of hydrogen-bond donors (Lipinski definition) is 2. The van der Waals surface area contributed by atoms with Crippen LogP contribution in [0.15, 0.2) is 35.3 Å². The first-order valence-corrected chi connectivity index (χ1v) is 9.06. The van der Waals surface area contributed by atoms with Crippen molar-refractivity contribution in [3.63, 3.8) is 0 Å². The SMILES string of the molecule is COc1cc(OC)c(Cl)c(-c2cc3cnc(CC=CC(N)=O)nc3c(=O)[nH]2)c1Cl. The molecule has 3 N–H and O–H groups in total. The largest absolute Gasteiger partial charge is 0.495 e. The van der Waals surface area contributed by atoms with E-state index >= 15 is 0 Å². The highest BCUT2D eigenvalue weighted by Crippen LogP contribution is 2.45. The topological polar surface area (TPSA) is 120 Å². The van der Waals surface area contributed by atoms with Crippen LogP contribution in [0.4, 0.5) is 0 Å². The number of halogens is 2. The second-order valence-electron chi connectivity index (χ2n) is 5.90. The molecule has 1 aromatic carbocycles. The van der Waals surface area contributed by atoms with Crippen molar-refractivity contribution in [1.29, 1.82) is 0 Å². The zero-order valence-corrected chi connectivity index (χ0v) is 17.0. The quantitative estimate of drug-likeness (QED) is 0.575. The average molecular weight is 435 g/mol. The van der Waals surface area contributed by atoms with Gasteiger partial charge in [-0.2, -0.15) is 0 Å². The number of hydrogen-bond acceptors (Lipinski definition) is 6. The second-order valence-corrected chi connectivity index (χ2v) is 6.65. The minimum absolute atomic E-state index is 0.188. The molecule has 8 nitrogen and oxygen atoms in total. The van der Waals surface area contributed by atoms with Gasteiger partial charge in [0, 0.05) is 29.6 Å². The number of amides is 1. The number of pyridine rings is 1. The smallest absolute Gasteiger partial charge is 0.275 e. The lowest BCUT2D eigenvalue weighted by Gasteiger charge is -2.15. The highest BCUT2D eigenvalue weighted by Gasteiger charge is 2.20. The minimum atomic E-state index is -0.573. The van der Waals surface area contributed by atoms with Crippen LogP contribution in [0.25, 0.3) is 22.2 Å². The van der Waals surface area contributed by atoms with Gasteiger partial charge in [-0.3, -0.25) is 9.59 Å². The van der Waals surface area contributed by atoms with E-state index in [9.17, 15) is 9.59 Å². The summed E-state index contributed by atoms with van der Waals surface area (Å²) in [6.45, 7) is 0. The van der Waals surface area contributed by atoms with Gasteiger partial charge in [0.25, 0.3) is 5.56 Å². The number of nitrogens with zero attached hydrogens (tertiary/aromatic N) is 2. The number of fused-ring (bicyclic) bond motifs is 1. The van der Waals surface area contributed by atoms with Gasteiger partial charge in [0.1, 0.15) is 22.8 Å². The predicted octanol–water partition coefficient (Wildman–Crippen LogP) is 2.89. The maximum Gasteiger partial charge on any atom is 0.275 e. The summed E-state index contributed by atoms with van der Waals surface area (Å²) in [7, 11) is 2.92. The Bertz CT molecular complexity index is 1160. The van der Waals surface area contributed by atoms with E-state index in [4.69, 9.17) is 38.4 Å². The van der Waals surface area contributed by atoms with Crippen LogP contribution >= 0.6 is 23.2 Å². The Balaban J connectivity index is 2.14. The summed E-state index contributed by atoms with van der Waals surface area (Å²) in [6.07, 6.45) is 4.49. The molecule has 29 heavy (non-hydrogen) atoms. The Hall–Kier alpha value is -3.10. The molecule has 0 fully saturated rings. The Morgan fingerprint density at radius 3 is 2.45 bits per heavy atom. The number of methoxy groups -OCH3 is 2. The van der Waals surface area contributed by atoms with Crippen LogP contribution in [0.5, 0.6) is 11.5 Å². The third kappa shape index (κ3) is 4.18. The molecule has 10 heteroatoms. The number of nitrogens with one attached hydrogen (secondary N) is 1. The van der Waals surface area contributed by atoms with Gasteiger partial charge in [0.2, 0.25) is 5.91 Å². The van der Waals surface area contributed by atoms with Crippen LogP contribution in [-0.4, -0.2) is 35.1 Å². The van der Waals surface area contributed by atoms with Gasteiger partial charge in [-0.15, -0.1) is 0 Å². The maximum atomic E-state index is 12.7. The summed E-state index contributed by atoms with van der Waals surface area (Å²) < 4.78 is 10.5. The number of H-pyrrole nitrogens is 1. The fourth-order valence-corrected chi connectivity index (χ4v) is 3.43. The fraction of sp³-hybridized carbons (Fsp3) is 0.158. The molecule has 0 aliphatic heterocycles. The van der Waals surface area contributed by atoms with Gasteiger partial charge < -0.3 is 20.2 Å². The molecule has 0 saturated heterocycles. The summed E-state index contributed by atoms with van der Waals surface area (Å²) in [6, 6.07) is 3.22. The molecular formula is C19H16Cl2N4O4. The number of carbonyl (C=O) groups excluding carboxylic acids is 1. The van der Waals surface area contributed by atoms with E-state index in [1.54, 1.807) is 12.1 Å². The Kier molecular flexibility index (Phi) is 6.05. The van der Waals surface area contributed by atoms with Gasteiger partial charge in [0.05, 0.1) is 30.0 Å². The maximum absolute atomic E-state index is 12.7. The van der Waals surface area contributed by atoms with Gasteiger partial charge in [-0.1, -0.05) is 29.3 Å². The number of nitrogens with two attached hydrogens (primary N) is 1. The van der Waals surface area contributed by atoms with E-state index in [-0.39, 0.29) is 22.0 Å². The molecule has 150 valence electrons. The minimum Gasteiger partial charge on any atom is -0.495 e. The average Bonchev–Trinajstić information content (AvgIpc) is 2.68. The molecule has 0 saturated carbocycles. The Morgan fingerprint density at radius 1 is 1.21 bits per heavy atom. The van der Waals surface area contributed by atoms with Crippen molar-refractivity contribution in [3.8, 4) is 22.8 Å². The lowest BCUT2D eigenvalue weighted by Crippen LogP contribution is -2.11. The van der Waals surface area contributed by atoms with Crippen molar-refractivity contribution in [3.05, 3.63) is 56.7 Å². The molecule has 0 aliphatic rings. The van der Waals surface area contributed by atoms with E-state index < -0.39 is 11.5 Å². The summed E-state index contributed by atoms with van der Waals surface area (Å²) in [5.74, 6) is 0.483. The first-order valence-electron chi connectivity index (χ1n) is 8.31. The van der Waals surface area contributed by atoms with Crippen molar-refractivity contribution in [1.82, 2.24) is 15.0 Å². The number of carbonyl (C=O) groups is 1. The van der Waals surface area contributed by atoms with Crippen LogP contribution in [0, 0.1) is 0 Å². The number of allylic oxidation sites excluding steroid dienone is 1. The van der Waals surface area contributed by atoms with Crippen molar-refractivity contribution >= 4 is 40.0 Å². The fourth-order valence-electron chi connectivity index (χ4n) is 2.72. The number of aromatic amines is 1. The molecule has 0 unspecified atom stereocenters. The van der Waals surface area contributed by atoms with Crippen molar-refractivity contribution in [2.75, 3.05) is 14.2 Å². The molecule has 0 aliphatic carbocycles. The van der Waals surface area contributed by atoms with Gasteiger partial charge in [0.15, 0.2) is 0 Å². The molecule has 1 amide bonds. The van der Waals surface area contributed by atoms with E-state index in [0.29, 0.717) is 34.0 Å². The second kappa shape index (κ2) is 8.50. The number of primary amides is 1. The standard InChI is InChI=1S/C19H16Cl2N4O4/c1-28-11-7-12(29-2)17(21)15(16(11)20)10-6-9-8-23-14(5-3-4-13(22)26)25-18(9)19(27)24-10/h3-4,6-8H,5H2,1-2H3,(H2,22,26)(H,24,27). The van der Waals surface area contributed by atoms with E-state index in [2.05, 4.69) is 15.0 Å². The molecule has 0 bridgehead atoms. The monoisotopic (exact) mass is 434 g/mol. The molecule has 0 atom stereocenters. The van der Waals surface area contributed by atoms with E-state index in [1.807, 2.05) is 0 Å². The van der Waals surface area contributed by atoms with Crippen molar-refractivity contribution < 1.29 is 14.3 Å². The number of ether oxygens (including phenoxy) is 2. The van der Waals surface area contributed by atoms with Crippen LogP contribution in [-0.2, 0) is 11.2 Å². The summed E-state index contributed by atoms with van der Waals surface area (Å²) in [5, 5.41) is 0.935. The first-order chi connectivity index (χ1) is 13.8. The van der Waals surface area contributed by atoms with E-state index in [0.717, 1.165) is 0 Å². The van der Waals surface area contributed by atoms with Gasteiger partial charge in [-0.05, 0) is 12.1 Å². The van der Waals surface area contributed by atoms with Crippen LogP contribution in [0.3, 0.4) is 0 Å². The van der Waals surface area contributed by atoms with Crippen LogP contribution in [0.2, 0.25) is 10.0 Å². The van der Waals surface area contributed by atoms with E-state index in [1.165, 1.54) is 32.6 Å². The Morgan fingerprint density at radius 2 is 1.86 bits per heavy atom. The molecular weight excluding hydrogens is 419 g/mol. The third-order valence-corrected chi connectivity index (χ3v) is 4.81. The van der Waals surface area contributed by atoms with Gasteiger partial charge >= 0.3 is 0 Å². The molecule has 0 radical (unpaired) electrons. The Labute approximate surface area is 175 Å². The third-order valence-electron chi connectivity index (χ3n) is 4.06. The predicted molar refractivity (Wildman–Crippen MR) is 111 cm³/mol. The molecule has 3 aromatic rings. The highest BCUT2D eigenvalue weighted by molar-refractivity contribution is 6.41. The summed E-state index contributed by atoms with van der Waals surface area (Å²) >= 11 is 12.9. The molecule has 0 spiro atoms. The number of benzene rings is 1. The zero-order valence-electron chi connectivity index (χ0n) is 15.5. The lowest BCUT2D eigenvalue weighted by atomic mass is 10.1. The number of rotatable bonds is 6. The van der Waals surface area contributed by atoms with Crippen LogP contribution in [0.1, 0.15) is 5.82 Å². The summed E-state index contributed by atoms with van der Waals surface area (Å²) in [5.41, 5.74) is 5.51. The summed E-state index contributed by atoms with van der Waals surface area (Å²) in [4.78, 5) is 34.6. The lowest BCUT2D eigenvalue weighted by molar-refractivity contribution is -0.113. The number of aromatic nitrogens is 3. The van der Waals surface area contributed by atoms with Gasteiger partial charge in [-0.25, -0.2) is 9.97 Å². The zero-order chi connectivity index (χ0) is 21.1. The van der Waals surface area contributed by atoms with Crippen LogP contribution < -0.4 is 20.8 Å².